The van der Waals surface area contributed by atoms with Gasteiger partial charge in [0.15, 0.2) is 0 Å². The number of fused-ring (bicyclic) bond motifs is 1. The Kier molecular flexibility index (Phi) is 5.25. The first-order valence-corrected chi connectivity index (χ1v) is 9.38. The van der Waals surface area contributed by atoms with Crippen LogP contribution in [0.25, 0.3) is 22.2 Å². The van der Waals surface area contributed by atoms with E-state index in [2.05, 4.69) is 35.8 Å². The maximum absolute atomic E-state index is 12.4. The Balaban J connectivity index is 1.48. The summed E-state index contributed by atoms with van der Waals surface area (Å²) in [6.45, 7) is 3.77. The van der Waals surface area contributed by atoms with Gasteiger partial charge < -0.3 is 10.1 Å². The minimum absolute atomic E-state index is 0.308. The monoisotopic (exact) mass is 403 g/mol. The van der Waals surface area contributed by atoms with Crippen molar-refractivity contribution in [3.8, 4) is 17.0 Å². The third kappa shape index (κ3) is 4.04. The van der Waals surface area contributed by atoms with Crippen molar-refractivity contribution in [3.05, 3.63) is 60.3 Å². The highest BCUT2D eigenvalue weighted by atomic mass is 16.5. The molecule has 4 heterocycles. The van der Waals surface area contributed by atoms with Gasteiger partial charge in [0.2, 0.25) is 0 Å². The lowest BCUT2D eigenvalue weighted by Crippen LogP contribution is -2.31. The Morgan fingerprint density at radius 3 is 2.77 bits per heavy atom. The molecular weight excluding hydrogens is 382 g/mol. The molecule has 1 unspecified atom stereocenters. The van der Waals surface area contributed by atoms with Crippen LogP contribution in [-0.2, 0) is 0 Å². The van der Waals surface area contributed by atoms with Gasteiger partial charge in [0.1, 0.15) is 17.3 Å². The summed E-state index contributed by atoms with van der Waals surface area (Å²) in [7, 11) is 1.59. The zero-order valence-corrected chi connectivity index (χ0v) is 16.8. The lowest BCUT2D eigenvalue weighted by Gasteiger charge is -2.14. The van der Waals surface area contributed by atoms with Crippen molar-refractivity contribution in [3.63, 3.8) is 0 Å². The first-order valence-electron chi connectivity index (χ1n) is 9.38. The summed E-state index contributed by atoms with van der Waals surface area (Å²) in [6, 6.07) is 8.44. The molecule has 0 aliphatic rings. The van der Waals surface area contributed by atoms with Gasteiger partial charge in [-0.3, -0.25) is 20.4 Å². The number of ether oxygens (including phenoxy) is 1. The molecule has 0 aliphatic heterocycles. The molecule has 30 heavy (non-hydrogen) atoms. The highest BCUT2D eigenvalue weighted by molar-refractivity contribution is 5.95. The van der Waals surface area contributed by atoms with E-state index in [4.69, 9.17) is 4.74 Å². The number of rotatable bonds is 5. The van der Waals surface area contributed by atoms with Gasteiger partial charge in [0.05, 0.1) is 24.4 Å². The number of nitrogens with one attached hydrogen (secondary N) is 3. The van der Waals surface area contributed by atoms with Crippen molar-refractivity contribution < 1.29 is 9.53 Å². The fourth-order valence-electron chi connectivity index (χ4n) is 3.11. The molecular formula is C21H21N7O2. The maximum Gasteiger partial charge on any atom is 0.320 e. The molecule has 2 amide bonds. The van der Waals surface area contributed by atoms with Crippen LogP contribution >= 0.6 is 0 Å². The minimum Gasteiger partial charge on any atom is -0.497 e. The Bertz CT molecular complexity index is 1200. The summed E-state index contributed by atoms with van der Waals surface area (Å²) in [5, 5.41) is 13.8. The molecule has 3 N–H and O–H groups in total. The van der Waals surface area contributed by atoms with Crippen LogP contribution in [0.5, 0.6) is 5.75 Å². The molecule has 152 valence electrons. The average Bonchev–Trinajstić information content (AvgIpc) is 3.17. The molecule has 4 aromatic heterocycles. The fourth-order valence-corrected chi connectivity index (χ4v) is 3.11. The fraction of sp³-hybridized carbons (Fsp3) is 0.190. The second-order valence-corrected chi connectivity index (χ2v) is 6.81. The molecule has 0 radical (unpaired) electrons. The van der Waals surface area contributed by atoms with E-state index in [0.29, 0.717) is 17.3 Å². The number of urea groups is 1. The molecule has 0 spiro atoms. The van der Waals surface area contributed by atoms with Crippen LogP contribution in [0.3, 0.4) is 0 Å². The van der Waals surface area contributed by atoms with Gasteiger partial charge in [-0.15, -0.1) is 0 Å². The van der Waals surface area contributed by atoms with Crippen molar-refractivity contribution in [1.82, 2.24) is 30.5 Å². The summed E-state index contributed by atoms with van der Waals surface area (Å²) >= 11 is 0. The van der Waals surface area contributed by atoms with Gasteiger partial charge in [-0.1, -0.05) is 0 Å². The van der Waals surface area contributed by atoms with Crippen LogP contribution in [0.1, 0.15) is 24.4 Å². The molecule has 9 nitrogen and oxygen atoms in total. The number of nitrogens with zero attached hydrogens (tertiary/aromatic N) is 4. The van der Waals surface area contributed by atoms with Gasteiger partial charge >= 0.3 is 6.03 Å². The van der Waals surface area contributed by atoms with Crippen LogP contribution in [0.2, 0.25) is 0 Å². The zero-order chi connectivity index (χ0) is 21.1. The number of H-pyrrole nitrogens is 1. The maximum atomic E-state index is 12.4. The molecule has 0 aromatic carbocycles. The zero-order valence-electron chi connectivity index (χ0n) is 16.8. The molecule has 0 fully saturated rings. The van der Waals surface area contributed by atoms with Crippen LogP contribution in [0.4, 0.5) is 10.6 Å². The number of aromatic amines is 1. The SMILES string of the molecule is COc1ccnc(C(C)NC(=O)Nc2cc3[nH]nc(-c4ccnc(C)c4)c3cn2)c1. The van der Waals surface area contributed by atoms with Crippen LogP contribution in [0.15, 0.2) is 48.9 Å². The number of aromatic nitrogens is 5. The van der Waals surface area contributed by atoms with Crippen molar-refractivity contribution in [2.75, 3.05) is 12.4 Å². The summed E-state index contributed by atoms with van der Waals surface area (Å²) < 4.78 is 5.20. The summed E-state index contributed by atoms with van der Waals surface area (Å²) in [4.78, 5) is 25.2. The predicted octanol–water partition coefficient (Wildman–Crippen LogP) is 3.61. The van der Waals surface area contributed by atoms with Crippen molar-refractivity contribution in [2.45, 2.75) is 19.9 Å². The lowest BCUT2D eigenvalue weighted by molar-refractivity contribution is 0.249. The molecule has 0 saturated carbocycles. The number of methoxy groups -OCH3 is 1. The van der Waals surface area contributed by atoms with E-state index in [1.807, 2.05) is 26.0 Å². The standard InChI is InChI=1S/C21H21N7O2/c1-12-8-14(4-6-22-12)20-16-11-24-19(10-18(16)27-28-20)26-21(29)25-13(2)17-9-15(30-3)5-7-23-17/h4-11,13H,1-3H3,(H,27,28)(H2,24,25,26,29). The number of pyridine rings is 3. The largest absolute Gasteiger partial charge is 0.497 e. The number of anilines is 1. The molecule has 9 heteroatoms. The summed E-state index contributed by atoms with van der Waals surface area (Å²) in [5.74, 6) is 1.09. The van der Waals surface area contributed by atoms with E-state index < -0.39 is 0 Å². The molecule has 4 rings (SSSR count). The number of hydrogen-bond acceptors (Lipinski definition) is 6. The summed E-state index contributed by atoms with van der Waals surface area (Å²) in [5.41, 5.74) is 4.11. The molecule has 1 atom stereocenters. The number of carbonyl (C=O) groups excluding carboxylic acids is 1. The Morgan fingerprint density at radius 2 is 1.97 bits per heavy atom. The molecule has 4 aromatic rings. The highest BCUT2D eigenvalue weighted by Crippen LogP contribution is 2.27. The highest BCUT2D eigenvalue weighted by Gasteiger charge is 2.14. The quantitative estimate of drug-likeness (QED) is 0.468. The Labute approximate surface area is 172 Å². The number of amides is 2. The summed E-state index contributed by atoms with van der Waals surface area (Å²) in [6.07, 6.45) is 5.07. The molecule has 0 bridgehead atoms. The van der Waals surface area contributed by atoms with Crippen LogP contribution < -0.4 is 15.4 Å². The van der Waals surface area contributed by atoms with E-state index >= 15 is 0 Å². The van der Waals surface area contributed by atoms with E-state index in [1.165, 1.54) is 0 Å². The number of aryl methyl sites for hydroxylation is 1. The first-order chi connectivity index (χ1) is 14.5. The minimum atomic E-state index is -0.386. The normalized spacial score (nSPS) is 11.8. The van der Waals surface area contributed by atoms with Gasteiger partial charge in [-0.05, 0) is 32.0 Å². The van der Waals surface area contributed by atoms with E-state index in [1.54, 1.807) is 43.9 Å². The van der Waals surface area contributed by atoms with Gasteiger partial charge in [0, 0.05) is 47.4 Å². The Hall–Kier alpha value is -4.01. The second-order valence-electron chi connectivity index (χ2n) is 6.81. The average molecular weight is 403 g/mol. The number of hydrogen-bond donors (Lipinski definition) is 3. The lowest BCUT2D eigenvalue weighted by atomic mass is 10.1. The number of carbonyl (C=O) groups is 1. The molecule has 0 saturated heterocycles. The van der Waals surface area contributed by atoms with Crippen molar-refractivity contribution in [1.29, 1.82) is 0 Å². The van der Waals surface area contributed by atoms with E-state index in [9.17, 15) is 4.79 Å². The smallest absolute Gasteiger partial charge is 0.320 e. The molecule has 0 aliphatic carbocycles. The van der Waals surface area contributed by atoms with Crippen molar-refractivity contribution in [2.24, 2.45) is 0 Å². The van der Waals surface area contributed by atoms with Gasteiger partial charge in [-0.2, -0.15) is 5.10 Å². The van der Waals surface area contributed by atoms with E-state index in [0.717, 1.165) is 27.9 Å². The Morgan fingerprint density at radius 1 is 1.13 bits per heavy atom. The third-order valence-electron chi connectivity index (χ3n) is 4.64. The second kappa shape index (κ2) is 8.16. The van der Waals surface area contributed by atoms with Crippen molar-refractivity contribution >= 4 is 22.8 Å². The third-order valence-corrected chi connectivity index (χ3v) is 4.64. The van der Waals surface area contributed by atoms with Gasteiger partial charge in [-0.25, -0.2) is 9.78 Å². The first kappa shape index (κ1) is 19.3. The van der Waals surface area contributed by atoms with Crippen LogP contribution in [-0.4, -0.2) is 38.3 Å². The topological polar surface area (TPSA) is 118 Å². The van der Waals surface area contributed by atoms with Gasteiger partial charge in [0.25, 0.3) is 0 Å². The van der Waals surface area contributed by atoms with E-state index in [-0.39, 0.29) is 12.1 Å². The van der Waals surface area contributed by atoms with Crippen LogP contribution in [0, 0.1) is 6.92 Å². The predicted molar refractivity (Wildman–Crippen MR) is 113 cm³/mol.